The Bertz CT molecular complexity index is 631. The smallest absolute Gasteiger partial charge is 0.233 e. The number of primary amides is 1. The fourth-order valence-corrected chi connectivity index (χ4v) is 9.72. The highest BCUT2D eigenvalue weighted by molar-refractivity contribution is 8.47. The number of carbonyl (C=O) groups is 1. The first kappa shape index (κ1) is 33.3. The molecule has 1 amide bonds. The summed E-state index contributed by atoms with van der Waals surface area (Å²) in [6.07, 6.45) is 2.24. The van der Waals surface area contributed by atoms with Crippen LogP contribution in [-0.2, 0) is 14.0 Å². The largest absolute Gasteiger partial charge is 0.415 e. The number of amides is 1. The van der Waals surface area contributed by atoms with E-state index in [1.165, 1.54) is 11.8 Å². The summed E-state index contributed by atoms with van der Waals surface area (Å²) in [7, 11) is 4.35. The number of carbonyl (C=O) groups excluding carboxylic acids is 1. The van der Waals surface area contributed by atoms with Crippen LogP contribution in [0, 0.1) is 5.41 Å². The first-order valence-corrected chi connectivity index (χ1v) is 17.1. The van der Waals surface area contributed by atoms with Gasteiger partial charge in [-0.1, -0.05) is 44.2 Å². The van der Waals surface area contributed by atoms with E-state index in [9.17, 15) is 9.90 Å². The molecule has 0 aliphatic rings. The summed E-state index contributed by atoms with van der Waals surface area (Å²) in [5, 5.41) is 10.9. The third-order valence-corrected chi connectivity index (χ3v) is 10.9. The van der Waals surface area contributed by atoms with E-state index >= 15 is 0 Å². The Morgan fingerprint density at radius 3 is 2.27 bits per heavy atom. The second-order valence-electron chi connectivity index (χ2n) is 11.3. The molecular weight excluding hydrogens is 493 g/mol. The summed E-state index contributed by atoms with van der Waals surface area (Å²) >= 11 is 8.57. The maximum absolute atomic E-state index is 12.5. The number of nitrogens with zero attached hydrogens (tertiary/aromatic N) is 1. The Hall–Kier alpha value is 0.317. The summed E-state index contributed by atoms with van der Waals surface area (Å²) in [6.45, 7) is 14.9. The van der Waals surface area contributed by atoms with Gasteiger partial charge in [0.1, 0.15) is 3.53 Å². The van der Waals surface area contributed by atoms with Crippen LogP contribution in [0.3, 0.4) is 0 Å². The zero-order chi connectivity index (χ0) is 26.1. The van der Waals surface area contributed by atoms with Gasteiger partial charge in [-0.3, -0.25) is 4.79 Å². The maximum Gasteiger partial charge on any atom is 0.233 e. The quantitative estimate of drug-likeness (QED) is 0.0914. The number of aliphatic hydroxyl groups is 1. The van der Waals surface area contributed by atoms with Gasteiger partial charge in [-0.25, -0.2) is 0 Å². The molecule has 0 aromatic rings. The Morgan fingerprint density at radius 1 is 1.24 bits per heavy atom. The number of quaternary nitrogens is 1. The number of thiocarbonyl (C=S) groups is 1. The monoisotopic (exact) mass is 541 g/mol. The molecule has 0 spiro atoms. The lowest BCUT2D eigenvalue weighted by atomic mass is 9.76. The SMILES string of the molecule is CCCC(C)(CC(C)(SC(=S)SCCC[Si](C)(C)OC(C)C)C(N)=O)C(O)OC[N+](C)(C)C. The molecule has 0 saturated heterocycles. The van der Waals surface area contributed by atoms with Crippen LogP contribution >= 0.6 is 35.7 Å². The minimum Gasteiger partial charge on any atom is -0.415 e. The maximum atomic E-state index is 12.5. The lowest BCUT2D eigenvalue weighted by molar-refractivity contribution is -0.893. The van der Waals surface area contributed by atoms with Gasteiger partial charge in [0.2, 0.25) is 5.91 Å². The highest BCUT2D eigenvalue weighted by atomic mass is 32.2. The standard InChI is InChI=1S/C23H48N2O4S3Si/c1-11-13-22(4,20(27)28-17-25(6,7)8)16-23(5,19(24)26)32-21(30)31-14-12-15-33(9,10)29-18(2)3/h18,20,27H,11-17H2,1-10H3,(H-,24,26)/p+1. The second kappa shape index (κ2) is 14.2. The van der Waals surface area contributed by atoms with Gasteiger partial charge in [-0.2, -0.15) is 0 Å². The van der Waals surface area contributed by atoms with Crippen molar-refractivity contribution in [3.05, 3.63) is 0 Å². The van der Waals surface area contributed by atoms with Crippen molar-refractivity contribution >= 4 is 53.5 Å². The van der Waals surface area contributed by atoms with Gasteiger partial charge in [0.25, 0.3) is 0 Å². The first-order valence-electron chi connectivity index (χ1n) is 11.8. The molecule has 196 valence electrons. The summed E-state index contributed by atoms with van der Waals surface area (Å²) in [4.78, 5) is 12.5. The van der Waals surface area contributed by atoms with Crippen LogP contribution in [0.1, 0.15) is 60.3 Å². The minimum absolute atomic E-state index is 0.256. The zero-order valence-corrected chi connectivity index (χ0v) is 26.0. The van der Waals surface area contributed by atoms with E-state index < -0.39 is 30.7 Å². The van der Waals surface area contributed by atoms with Crippen molar-refractivity contribution < 1.29 is 23.5 Å². The van der Waals surface area contributed by atoms with E-state index in [1.54, 1.807) is 11.8 Å². The van der Waals surface area contributed by atoms with Gasteiger partial charge >= 0.3 is 0 Å². The van der Waals surface area contributed by atoms with Crippen LogP contribution in [0.5, 0.6) is 0 Å². The topological polar surface area (TPSA) is 81.8 Å². The summed E-state index contributed by atoms with van der Waals surface area (Å²) < 4.78 is 12.3. The third-order valence-electron chi connectivity index (χ3n) is 5.31. The number of aliphatic hydroxyl groups excluding tert-OH is 1. The number of nitrogens with two attached hydrogens (primary N) is 1. The lowest BCUT2D eigenvalue weighted by Gasteiger charge is -2.40. The fourth-order valence-electron chi connectivity index (χ4n) is 3.87. The molecule has 0 saturated carbocycles. The van der Waals surface area contributed by atoms with Crippen molar-refractivity contribution in [2.45, 2.75) is 96.6 Å². The number of rotatable bonds is 16. The fraction of sp³-hybridized carbons (Fsp3) is 0.913. The average molecular weight is 542 g/mol. The van der Waals surface area contributed by atoms with E-state index in [0.717, 1.165) is 24.6 Å². The van der Waals surface area contributed by atoms with Crippen LogP contribution in [-0.4, -0.2) is 78.1 Å². The van der Waals surface area contributed by atoms with Crippen LogP contribution in [0.4, 0.5) is 0 Å². The van der Waals surface area contributed by atoms with Gasteiger partial charge in [0.05, 0.1) is 25.9 Å². The first-order chi connectivity index (χ1) is 14.9. The molecule has 0 aliphatic carbocycles. The van der Waals surface area contributed by atoms with Gasteiger partial charge in [-0.05, 0) is 64.9 Å². The molecule has 0 radical (unpaired) electrons. The predicted molar refractivity (Wildman–Crippen MR) is 151 cm³/mol. The van der Waals surface area contributed by atoms with Gasteiger partial charge in [-0.15, -0.1) is 11.8 Å². The van der Waals surface area contributed by atoms with Crippen molar-refractivity contribution in [1.82, 2.24) is 0 Å². The van der Waals surface area contributed by atoms with Gasteiger partial charge in [0.15, 0.2) is 21.3 Å². The molecule has 0 aliphatic heterocycles. The lowest BCUT2D eigenvalue weighted by Crippen LogP contribution is -2.48. The predicted octanol–water partition coefficient (Wildman–Crippen LogP) is 5.20. The highest BCUT2D eigenvalue weighted by Crippen LogP contribution is 2.44. The van der Waals surface area contributed by atoms with E-state index in [4.69, 9.17) is 27.1 Å². The molecule has 3 N–H and O–H groups in total. The molecule has 3 unspecified atom stereocenters. The molecule has 0 heterocycles. The van der Waals surface area contributed by atoms with Crippen LogP contribution < -0.4 is 5.73 Å². The molecule has 0 aromatic carbocycles. The molecule has 0 bridgehead atoms. The van der Waals surface area contributed by atoms with Gasteiger partial charge < -0.3 is 24.5 Å². The third kappa shape index (κ3) is 13.8. The summed E-state index contributed by atoms with van der Waals surface area (Å²) in [5.41, 5.74) is 5.24. The van der Waals surface area contributed by atoms with Gasteiger partial charge in [0, 0.05) is 11.5 Å². The zero-order valence-electron chi connectivity index (χ0n) is 22.5. The van der Waals surface area contributed by atoms with E-state index in [1.807, 2.05) is 35.0 Å². The van der Waals surface area contributed by atoms with Crippen LogP contribution in [0.25, 0.3) is 0 Å². The molecule has 6 nitrogen and oxygen atoms in total. The Morgan fingerprint density at radius 2 is 1.82 bits per heavy atom. The number of hydrogen-bond acceptors (Lipinski definition) is 7. The number of ether oxygens (including phenoxy) is 1. The Balaban J connectivity index is 5.11. The normalized spacial score (nSPS) is 17.5. The Kier molecular flexibility index (Phi) is 14.3. The number of hydrogen-bond donors (Lipinski definition) is 2. The van der Waals surface area contributed by atoms with Crippen LogP contribution in [0.15, 0.2) is 0 Å². The van der Waals surface area contributed by atoms with Crippen molar-refractivity contribution in [1.29, 1.82) is 0 Å². The van der Waals surface area contributed by atoms with Crippen LogP contribution in [0.2, 0.25) is 19.1 Å². The van der Waals surface area contributed by atoms with E-state index in [-0.39, 0.29) is 6.10 Å². The van der Waals surface area contributed by atoms with E-state index in [2.05, 4.69) is 33.9 Å². The summed E-state index contributed by atoms with van der Waals surface area (Å²) in [5.74, 6) is 0.468. The molecule has 0 fully saturated rings. The van der Waals surface area contributed by atoms with Crippen molar-refractivity contribution in [2.75, 3.05) is 33.6 Å². The minimum atomic E-state index is -1.66. The molecule has 10 heteroatoms. The van der Waals surface area contributed by atoms with Crippen molar-refractivity contribution in [2.24, 2.45) is 11.1 Å². The number of thioether (sulfide) groups is 2. The Labute approximate surface area is 217 Å². The molecule has 0 aromatic heterocycles. The highest BCUT2D eigenvalue weighted by Gasteiger charge is 2.45. The molecule has 3 atom stereocenters. The molecule has 0 rings (SSSR count). The van der Waals surface area contributed by atoms with E-state index in [0.29, 0.717) is 27.6 Å². The molecular formula is C23H49N2O4S3Si+. The average Bonchev–Trinajstić information content (AvgIpc) is 2.61. The summed E-state index contributed by atoms with van der Waals surface area (Å²) in [6, 6.07) is 1.07. The van der Waals surface area contributed by atoms with Crippen molar-refractivity contribution in [3.8, 4) is 0 Å². The second-order valence-corrected chi connectivity index (χ2v) is 19.4. The molecule has 33 heavy (non-hydrogen) atoms. The van der Waals surface area contributed by atoms with Crippen molar-refractivity contribution in [3.63, 3.8) is 0 Å².